The van der Waals surface area contributed by atoms with Crippen molar-refractivity contribution < 1.29 is 0 Å². The third-order valence-electron chi connectivity index (χ3n) is 2.86. The van der Waals surface area contributed by atoms with Gasteiger partial charge in [-0.05, 0) is 0 Å². The molecule has 4 aromatic heterocycles. The van der Waals surface area contributed by atoms with E-state index in [-0.39, 0.29) is 11.1 Å². The van der Waals surface area contributed by atoms with Gasteiger partial charge in [-0.25, -0.2) is 29.1 Å². The lowest BCUT2D eigenvalue weighted by molar-refractivity contribution is 0.686. The number of H-pyrrole nitrogens is 2. The number of imidazole rings is 2. The molecule has 0 amide bonds. The standard InChI is InChI=1S/C10H6N8O2/c19-9-6-8(12-2-13-9)18(4-15-6)17-3-14-5-1-11-10(20)16-7(5)17/h1-4H,(H,11,16,20)(H,12,13,19). The first-order chi connectivity index (χ1) is 9.74. The van der Waals surface area contributed by atoms with Gasteiger partial charge < -0.3 is 4.98 Å². The Labute approximate surface area is 108 Å². The van der Waals surface area contributed by atoms with Gasteiger partial charge in [0.1, 0.15) is 18.2 Å². The summed E-state index contributed by atoms with van der Waals surface area (Å²) in [7, 11) is 0. The molecule has 10 heteroatoms. The predicted molar refractivity (Wildman–Crippen MR) is 67.1 cm³/mol. The molecule has 98 valence electrons. The molecule has 0 aliphatic heterocycles. The molecule has 4 heterocycles. The maximum atomic E-state index is 11.6. The second-order valence-electron chi connectivity index (χ2n) is 4.00. The van der Waals surface area contributed by atoms with Crippen LogP contribution in [0.15, 0.2) is 34.8 Å². The number of rotatable bonds is 1. The van der Waals surface area contributed by atoms with Gasteiger partial charge in [0.2, 0.25) is 0 Å². The molecule has 0 saturated heterocycles. The van der Waals surface area contributed by atoms with Crippen LogP contribution < -0.4 is 11.2 Å². The smallest absolute Gasteiger partial charge is 0.311 e. The second kappa shape index (κ2) is 3.60. The summed E-state index contributed by atoms with van der Waals surface area (Å²) in [5, 5.41) is 0. The van der Waals surface area contributed by atoms with Crippen LogP contribution in [0.25, 0.3) is 22.3 Å². The molecule has 4 rings (SSSR count). The summed E-state index contributed by atoms with van der Waals surface area (Å²) in [6.07, 6.45) is 5.55. The first kappa shape index (κ1) is 10.6. The average molecular weight is 270 g/mol. The molecular weight excluding hydrogens is 264 g/mol. The number of hydrogen-bond donors (Lipinski definition) is 2. The summed E-state index contributed by atoms with van der Waals surface area (Å²) < 4.78 is 3.04. The van der Waals surface area contributed by atoms with E-state index in [0.717, 1.165) is 0 Å². The van der Waals surface area contributed by atoms with Gasteiger partial charge in [-0.2, -0.15) is 4.98 Å². The number of nitrogens with one attached hydrogen (secondary N) is 2. The molecule has 0 saturated carbocycles. The Morgan fingerprint density at radius 2 is 1.85 bits per heavy atom. The fraction of sp³-hybridized carbons (Fsp3) is 0. The van der Waals surface area contributed by atoms with Crippen LogP contribution in [0, 0.1) is 0 Å². The van der Waals surface area contributed by atoms with E-state index in [1.54, 1.807) is 0 Å². The summed E-state index contributed by atoms with van der Waals surface area (Å²) in [5.41, 5.74) is 0.668. The van der Waals surface area contributed by atoms with Crippen molar-refractivity contribution in [2.45, 2.75) is 0 Å². The van der Waals surface area contributed by atoms with Crippen LogP contribution in [0.3, 0.4) is 0 Å². The summed E-state index contributed by atoms with van der Waals surface area (Å²) >= 11 is 0. The van der Waals surface area contributed by atoms with Crippen molar-refractivity contribution in [3.63, 3.8) is 0 Å². The number of fused-ring (bicyclic) bond motifs is 2. The third kappa shape index (κ3) is 1.32. The molecule has 20 heavy (non-hydrogen) atoms. The monoisotopic (exact) mass is 270 g/mol. The van der Waals surface area contributed by atoms with Crippen LogP contribution >= 0.6 is 0 Å². The van der Waals surface area contributed by atoms with E-state index in [1.165, 1.54) is 34.5 Å². The average Bonchev–Trinajstić information content (AvgIpc) is 3.02. The molecule has 0 spiro atoms. The lowest BCUT2D eigenvalue weighted by Crippen LogP contribution is -2.14. The van der Waals surface area contributed by atoms with Crippen molar-refractivity contribution >= 4 is 22.3 Å². The second-order valence-corrected chi connectivity index (χ2v) is 4.00. The SMILES string of the molecule is O=c1ncc2ncn(-n3cnc4c(=O)[nH]cnc43)c2[nH]1. The van der Waals surface area contributed by atoms with Gasteiger partial charge in [-0.3, -0.25) is 9.78 Å². The summed E-state index contributed by atoms with van der Waals surface area (Å²) in [6, 6.07) is 0. The van der Waals surface area contributed by atoms with Crippen molar-refractivity contribution in [2.75, 3.05) is 0 Å². The fourth-order valence-electron chi connectivity index (χ4n) is 1.98. The molecular formula is C10H6N8O2. The van der Waals surface area contributed by atoms with Gasteiger partial charge in [0.05, 0.1) is 12.5 Å². The van der Waals surface area contributed by atoms with Gasteiger partial charge in [0, 0.05) is 0 Å². The van der Waals surface area contributed by atoms with Crippen molar-refractivity contribution in [2.24, 2.45) is 0 Å². The maximum Gasteiger partial charge on any atom is 0.346 e. The van der Waals surface area contributed by atoms with Crippen LogP contribution in [0.1, 0.15) is 0 Å². The highest BCUT2D eigenvalue weighted by Gasteiger charge is 2.11. The highest BCUT2D eigenvalue weighted by atomic mass is 16.1. The zero-order valence-corrected chi connectivity index (χ0v) is 9.81. The van der Waals surface area contributed by atoms with E-state index in [1.807, 2.05) is 0 Å². The quantitative estimate of drug-likeness (QED) is 0.450. The molecule has 0 radical (unpaired) electrons. The zero-order chi connectivity index (χ0) is 13.7. The Bertz CT molecular complexity index is 1050. The Balaban J connectivity index is 2.11. The van der Waals surface area contributed by atoms with Crippen molar-refractivity contribution in [1.29, 1.82) is 0 Å². The normalized spacial score (nSPS) is 11.4. The topological polar surface area (TPSA) is 127 Å². The van der Waals surface area contributed by atoms with Crippen molar-refractivity contribution in [3.8, 4) is 0 Å². The molecule has 0 unspecified atom stereocenters. The number of hydrogen-bond acceptors (Lipinski definition) is 6. The minimum Gasteiger partial charge on any atom is -0.311 e. The van der Waals surface area contributed by atoms with Crippen LogP contribution in [0.4, 0.5) is 0 Å². The van der Waals surface area contributed by atoms with Crippen LogP contribution in [0.5, 0.6) is 0 Å². The van der Waals surface area contributed by atoms with E-state index in [0.29, 0.717) is 16.8 Å². The maximum absolute atomic E-state index is 11.6. The lowest BCUT2D eigenvalue weighted by Gasteiger charge is -2.04. The Morgan fingerprint density at radius 3 is 2.75 bits per heavy atom. The van der Waals surface area contributed by atoms with E-state index < -0.39 is 5.69 Å². The number of aromatic nitrogens is 8. The van der Waals surface area contributed by atoms with Crippen molar-refractivity contribution in [1.82, 2.24) is 39.3 Å². The van der Waals surface area contributed by atoms with E-state index in [4.69, 9.17) is 0 Å². The van der Waals surface area contributed by atoms with Gasteiger partial charge in [0.25, 0.3) is 5.56 Å². The van der Waals surface area contributed by atoms with Gasteiger partial charge in [-0.15, -0.1) is 0 Å². The number of aromatic amines is 2. The molecule has 4 aromatic rings. The summed E-state index contributed by atoms with van der Waals surface area (Å²) in [4.78, 5) is 43.7. The Hall–Kier alpha value is -3.30. The summed E-state index contributed by atoms with van der Waals surface area (Å²) in [6.45, 7) is 0. The third-order valence-corrected chi connectivity index (χ3v) is 2.86. The minimum atomic E-state index is -0.491. The van der Waals surface area contributed by atoms with Crippen LogP contribution in [-0.4, -0.2) is 39.3 Å². The first-order valence-corrected chi connectivity index (χ1v) is 5.58. The molecule has 0 atom stereocenters. The van der Waals surface area contributed by atoms with E-state index in [2.05, 4.69) is 29.9 Å². The molecule has 0 bridgehead atoms. The van der Waals surface area contributed by atoms with E-state index >= 15 is 0 Å². The molecule has 10 nitrogen and oxygen atoms in total. The molecule has 0 fully saturated rings. The van der Waals surface area contributed by atoms with Crippen LogP contribution in [-0.2, 0) is 0 Å². The minimum absolute atomic E-state index is 0.200. The van der Waals surface area contributed by atoms with Gasteiger partial charge in [-0.1, -0.05) is 0 Å². The van der Waals surface area contributed by atoms with Crippen molar-refractivity contribution in [3.05, 3.63) is 46.0 Å². The highest BCUT2D eigenvalue weighted by molar-refractivity contribution is 5.72. The van der Waals surface area contributed by atoms with Gasteiger partial charge in [0.15, 0.2) is 16.8 Å². The Kier molecular flexibility index (Phi) is 1.91. The predicted octanol–water partition coefficient (Wildman–Crippen LogP) is -1.14. The Morgan fingerprint density at radius 1 is 1.00 bits per heavy atom. The highest BCUT2D eigenvalue weighted by Crippen LogP contribution is 2.10. The summed E-state index contributed by atoms with van der Waals surface area (Å²) in [5.74, 6) is 0. The molecule has 2 N–H and O–H groups in total. The molecule has 0 aliphatic rings. The molecule has 0 aromatic carbocycles. The van der Waals surface area contributed by atoms with Crippen LogP contribution in [0.2, 0.25) is 0 Å². The fourth-order valence-corrected chi connectivity index (χ4v) is 1.98. The largest absolute Gasteiger partial charge is 0.346 e. The molecule has 0 aliphatic carbocycles. The number of nitrogens with zero attached hydrogens (tertiary/aromatic N) is 6. The van der Waals surface area contributed by atoms with Gasteiger partial charge >= 0.3 is 5.69 Å². The lowest BCUT2D eigenvalue weighted by atomic mass is 10.5. The zero-order valence-electron chi connectivity index (χ0n) is 9.81. The van der Waals surface area contributed by atoms with E-state index in [9.17, 15) is 9.59 Å². The first-order valence-electron chi connectivity index (χ1n) is 5.58.